The first-order valence-electron chi connectivity index (χ1n) is 3.70. The Balaban J connectivity index is 2.85. The number of unbranched alkanes of at least 4 members (excludes halogenated alkanes) is 1. The van der Waals surface area contributed by atoms with E-state index in [1.165, 1.54) is 0 Å². The number of ether oxygens (including phenoxy) is 1. The van der Waals surface area contributed by atoms with Crippen LogP contribution in [0.3, 0.4) is 0 Å². The zero-order valence-corrected chi connectivity index (χ0v) is 8.27. The molecule has 4 nitrogen and oxygen atoms in total. The van der Waals surface area contributed by atoms with Crippen LogP contribution < -0.4 is 0 Å². The molecule has 1 N–H and O–H groups in total. The van der Waals surface area contributed by atoms with E-state index < -0.39 is 18.6 Å². The number of hydrogen-bond donors (Lipinski definition) is 1. The molecule has 0 amide bonds. The molecule has 0 rings (SSSR count). The SMILES string of the molecule is CCCCOCC[O][Ti](=[O])[OH]. The van der Waals surface area contributed by atoms with Crippen LogP contribution in [0.4, 0.5) is 0 Å². The Hall–Kier alpha value is 0.394. The monoisotopic (exact) mass is 198 g/mol. The maximum absolute atomic E-state index is 10.1. The molecule has 0 aliphatic heterocycles. The van der Waals surface area contributed by atoms with Crippen molar-refractivity contribution in [3.05, 3.63) is 0 Å². The van der Waals surface area contributed by atoms with Crippen molar-refractivity contribution < 1.29 is 33.7 Å². The van der Waals surface area contributed by atoms with Crippen molar-refractivity contribution in [3.63, 3.8) is 0 Å². The van der Waals surface area contributed by atoms with Crippen molar-refractivity contribution in [2.45, 2.75) is 19.8 Å². The van der Waals surface area contributed by atoms with Gasteiger partial charge in [0.15, 0.2) is 0 Å². The molecule has 11 heavy (non-hydrogen) atoms. The summed E-state index contributed by atoms with van der Waals surface area (Å²) in [6.45, 7) is 3.44. The Morgan fingerprint density at radius 2 is 2.09 bits per heavy atom. The molecule has 0 saturated carbocycles. The van der Waals surface area contributed by atoms with Gasteiger partial charge in [-0.05, 0) is 0 Å². The van der Waals surface area contributed by atoms with Gasteiger partial charge in [0.05, 0.1) is 0 Å². The molecule has 0 radical (unpaired) electrons. The molecule has 0 heterocycles. The van der Waals surface area contributed by atoms with Crippen molar-refractivity contribution in [1.29, 1.82) is 0 Å². The summed E-state index contributed by atoms with van der Waals surface area (Å²) in [6.07, 6.45) is 2.13. The summed E-state index contributed by atoms with van der Waals surface area (Å²) >= 11 is -3.29. The first-order valence-corrected chi connectivity index (χ1v) is 5.68. The van der Waals surface area contributed by atoms with Crippen LogP contribution in [-0.2, 0) is 30.0 Å². The zero-order chi connectivity index (χ0) is 8.53. The predicted octanol–water partition coefficient (Wildman–Crippen LogP) is 0.606. The second-order valence-corrected chi connectivity index (χ2v) is 3.36. The zero-order valence-electron chi connectivity index (χ0n) is 6.71. The Bertz CT molecular complexity index is 107. The predicted molar refractivity (Wildman–Crippen MR) is 34.6 cm³/mol. The molecule has 0 spiro atoms. The van der Waals surface area contributed by atoms with Crippen LogP contribution in [0, 0.1) is 0 Å². The fourth-order valence-corrected chi connectivity index (χ4v) is 0.939. The third-order valence-electron chi connectivity index (χ3n) is 1.10. The van der Waals surface area contributed by atoms with Crippen molar-refractivity contribution in [2.24, 2.45) is 0 Å². The normalized spacial score (nSPS) is 10.0. The minimum absolute atomic E-state index is 0.235. The van der Waals surface area contributed by atoms with Crippen molar-refractivity contribution >= 4 is 0 Å². The van der Waals surface area contributed by atoms with Crippen LogP contribution in [0.2, 0.25) is 0 Å². The molecule has 0 bridgehead atoms. The van der Waals surface area contributed by atoms with Crippen LogP contribution in [0.1, 0.15) is 19.8 Å². The topological polar surface area (TPSA) is 55.8 Å². The first-order chi connectivity index (χ1) is 5.27. The molecule has 0 fully saturated rings. The van der Waals surface area contributed by atoms with E-state index in [9.17, 15) is 3.32 Å². The molecule has 0 aromatic carbocycles. The molecule has 5 heteroatoms. The van der Waals surface area contributed by atoms with Gasteiger partial charge in [0.1, 0.15) is 0 Å². The second-order valence-electron chi connectivity index (χ2n) is 2.08. The summed E-state index contributed by atoms with van der Waals surface area (Å²) in [5.74, 6) is 0. The summed E-state index contributed by atoms with van der Waals surface area (Å²) in [6, 6.07) is 0. The first kappa shape index (κ1) is 11.4. The summed E-state index contributed by atoms with van der Waals surface area (Å²) in [7, 11) is 0. The fraction of sp³-hybridized carbons (Fsp3) is 1.00. The Labute approximate surface area is 73.6 Å². The average Bonchev–Trinajstić information content (AvgIpc) is 1.96. The summed E-state index contributed by atoms with van der Waals surface area (Å²) in [5.41, 5.74) is 0. The van der Waals surface area contributed by atoms with Gasteiger partial charge in [-0.15, -0.1) is 0 Å². The molecule has 0 saturated heterocycles. The molecule has 0 atom stereocenters. The van der Waals surface area contributed by atoms with E-state index in [1.54, 1.807) is 0 Å². The molecule has 66 valence electrons. The van der Waals surface area contributed by atoms with Gasteiger partial charge in [0, 0.05) is 0 Å². The minimum atomic E-state index is -3.29. The summed E-state index contributed by atoms with van der Waals surface area (Å²) < 4.78 is 27.9. The van der Waals surface area contributed by atoms with Crippen LogP contribution in [-0.4, -0.2) is 23.5 Å². The van der Waals surface area contributed by atoms with E-state index in [0.29, 0.717) is 13.2 Å². The quantitative estimate of drug-likeness (QED) is 0.480. The number of hydrogen-bond acceptors (Lipinski definition) is 3. The average molecular weight is 198 g/mol. The van der Waals surface area contributed by atoms with Crippen LogP contribution in [0.25, 0.3) is 0 Å². The van der Waals surface area contributed by atoms with Crippen LogP contribution in [0.5, 0.6) is 0 Å². The Morgan fingerprint density at radius 3 is 2.64 bits per heavy atom. The molecule has 0 aromatic rings. The van der Waals surface area contributed by atoms with E-state index in [1.807, 2.05) is 0 Å². The van der Waals surface area contributed by atoms with E-state index in [4.69, 9.17) is 8.42 Å². The van der Waals surface area contributed by atoms with Crippen molar-refractivity contribution in [3.8, 4) is 0 Å². The fourth-order valence-electron chi connectivity index (χ4n) is 0.536. The molecule has 0 aliphatic rings. The van der Waals surface area contributed by atoms with Gasteiger partial charge in [-0.25, -0.2) is 0 Å². The third kappa shape index (κ3) is 10.4. The van der Waals surface area contributed by atoms with Crippen molar-refractivity contribution in [1.82, 2.24) is 0 Å². The van der Waals surface area contributed by atoms with E-state index in [0.717, 1.165) is 12.8 Å². The second kappa shape index (κ2) is 8.49. The van der Waals surface area contributed by atoms with E-state index in [-0.39, 0.29) is 6.61 Å². The van der Waals surface area contributed by atoms with Gasteiger partial charge < -0.3 is 0 Å². The Kier molecular flexibility index (Phi) is 8.79. The summed E-state index contributed by atoms with van der Waals surface area (Å²) in [5, 5.41) is 0. The molecule has 0 aromatic heterocycles. The van der Waals surface area contributed by atoms with E-state index in [2.05, 4.69) is 10.2 Å². The molecular weight excluding hydrogens is 184 g/mol. The van der Waals surface area contributed by atoms with Gasteiger partial charge in [-0.1, -0.05) is 0 Å². The molecule has 0 aliphatic carbocycles. The van der Waals surface area contributed by atoms with Crippen LogP contribution in [0.15, 0.2) is 0 Å². The summed E-state index contributed by atoms with van der Waals surface area (Å²) in [4.78, 5) is 0. The van der Waals surface area contributed by atoms with E-state index >= 15 is 0 Å². The molecule has 0 unspecified atom stereocenters. The number of rotatable bonds is 7. The van der Waals surface area contributed by atoms with Crippen LogP contribution >= 0.6 is 0 Å². The molecular formula is C6H14O4Ti. The van der Waals surface area contributed by atoms with Gasteiger partial charge in [-0.2, -0.15) is 0 Å². The third-order valence-corrected chi connectivity index (χ3v) is 1.80. The standard InChI is InChI=1S/C6H13O2.H2O.O.Ti/c1-2-3-5-8-6-4-7;;;/h2-6H2,1H3;1H2;;/q-1;;;+2/p-1. The van der Waals surface area contributed by atoms with Gasteiger partial charge >= 0.3 is 73.3 Å². The Morgan fingerprint density at radius 1 is 1.36 bits per heavy atom. The van der Waals surface area contributed by atoms with Gasteiger partial charge in [0.25, 0.3) is 0 Å². The van der Waals surface area contributed by atoms with Gasteiger partial charge in [0.2, 0.25) is 0 Å². The van der Waals surface area contributed by atoms with Gasteiger partial charge in [-0.3, -0.25) is 0 Å². The maximum atomic E-state index is 10.1. The van der Waals surface area contributed by atoms with Crippen molar-refractivity contribution in [2.75, 3.05) is 19.8 Å².